The Labute approximate surface area is 145 Å². The maximum atomic E-state index is 12.2. The first kappa shape index (κ1) is 18.0. The third-order valence-electron chi connectivity index (χ3n) is 2.09. The van der Waals surface area contributed by atoms with Gasteiger partial charge in [0.25, 0.3) is 14.4 Å². The Balaban J connectivity index is 2.06. The van der Waals surface area contributed by atoms with Crippen molar-refractivity contribution in [1.29, 1.82) is 0 Å². The van der Waals surface area contributed by atoms with Gasteiger partial charge in [-0.2, -0.15) is 8.42 Å². The van der Waals surface area contributed by atoms with Crippen molar-refractivity contribution >= 4 is 60.6 Å². The molecule has 0 saturated heterocycles. The average molecular weight is 395 g/mol. The minimum absolute atomic E-state index is 0.114. The highest BCUT2D eigenvalue weighted by Gasteiger charge is 2.22. The SMILES string of the molecule is CC(=O)Nc1nnc(S(=O)(=O)Nc2nnc(SCC(C)C)s2)s1. The van der Waals surface area contributed by atoms with Crippen LogP contribution in [0.25, 0.3) is 0 Å². The first-order valence-corrected chi connectivity index (χ1v) is 10.5. The molecule has 9 nitrogen and oxygen atoms in total. The van der Waals surface area contributed by atoms with Gasteiger partial charge in [-0.3, -0.25) is 9.52 Å². The summed E-state index contributed by atoms with van der Waals surface area (Å²) in [4.78, 5) is 10.9. The van der Waals surface area contributed by atoms with Crippen molar-refractivity contribution < 1.29 is 13.2 Å². The molecule has 126 valence electrons. The Morgan fingerprint density at radius 2 is 1.87 bits per heavy atom. The van der Waals surface area contributed by atoms with Gasteiger partial charge in [0.05, 0.1) is 0 Å². The number of carbonyl (C=O) groups excluding carboxylic acids is 1. The van der Waals surface area contributed by atoms with Crippen molar-refractivity contribution in [3.8, 4) is 0 Å². The summed E-state index contributed by atoms with van der Waals surface area (Å²) in [5, 5.41) is 17.5. The summed E-state index contributed by atoms with van der Waals surface area (Å²) in [6.07, 6.45) is 0. The molecule has 2 rings (SSSR count). The van der Waals surface area contributed by atoms with Crippen molar-refractivity contribution in [2.75, 3.05) is 15.8 Å². The smallest absolute Gasteiger partial charge is 0.293 e. The Morgan fingerprint density at radius 3 is 2.52 bits per heavy atom. The van der Waals surface area contributed by atoms with Crippen LogP contribution >= 0.6 is 34.4 Å². The number of nitrogens with zero attached hydrogens (tertiary/aromatic N) is 4. The lowest BCUT2D eigenvalue weighted by Gasteiger charge is -2.00. The lowest BCUT2D eigenvalue weighted by molar-refractivity contribution is -0.114. The first-order chi connectivity index (χ1) is 10.8. The maximum absolute atomic E-state index is 12.2. The lowest BCUT2D eigenvalue weighted by Crippen LogP contribution is -2.12. The number of sulfonamides is 1. The Kier molecular flexibility index (Phi) is 5.89. The number of hydrogen-bond donors (Lipinski definition) is 2. The van der Waals surface area contributed by atoms with Crippen LogP contribution in [0.5, 0.6) is 0 Å². The number of carbonyl (C=O) groups is 1. The number of aromatic nitrogens is 4. The van der Waals surface area contributed by atoms with E-state index >= 15 is 0 Å². The molecule has 0 fully saturated rings. The molecule has 0 saturated carbocycles. The van der Waals surface area contributed by atoms with E-state index in [9.17, 15) is 13.2 Å². The number of amides is 1. The fraction of sp³-hybridized carbons (Fsp3) is 0.500. The van der Waals surface area contributed by atoms with Crippen LogP contribution in [0.1, 0.15) is 20.8 Å². The van der Waals surface area contributed by atoms with Gasteiger partial charge in [-0.15, -0.1) is 20.4 Å². The normalized spacial score (nSPS) is 11.7. The molecule has 0 unspecified atom stereocenters. The van der Waals surface area contributed by atoms with Crippen molar-refractivity contribution in [2.24, 2.45) is 5.92 Å². The second-order valence-electron chi connectivity index (χ2n) is 4.74. The minimum Gasteiger partial charge on any atom is -0.301 e. The van der Waals surface area contributed by atoms with Crippen LogP contribution in [0.3, 0.4) is 0 Å². The predicted molar refractivity (Wildman–Crippen MR) is 90.5 cm³/mol. The van der Waals surface area contributed by atoms with E-state index in [1.54, 1.807) is 0 Å². The zero-order valence-corrected chi connectivity index (χ0v) is 15.7. The summed E-state index contributed by atoms with van der Waals surface area (Å²) in [6.45, 7) is 5.46. The zero-order valence-electron chi connectivity index (χ0n) is 12.4. The molecule has 2 N–H and O–H groups in total. The molecule has 1 amide bonds. The molecule has 0 aliphatic rings. The van der Waals surface area contributed by atoms with Gasteiger partial charge in [0, 0.05) is 12.7 Å². The van der Waals surface area contributed by atoms with Crippen LogP contribution < -0.4 is 10.0 Å². The van der Waals surface area contributed by atoms with Crippen molar-refractivity contribution in [2.45, 2.75) is 29.5 Å². The number of anilines is 2. The van der Waals surface area contributed by atoms with E-state index < -0.39 is 10.0 Å². The summed E-state index contributed by atoms with van der Waals surface area (Å²) in [5.74, 6) is 1.02. The summed E-state index contributed by atoms with van der Waals surface area (Å²) in [5.41, 5.74) is 0. The lowest BCUT2D eigenvalue weighted by atomic mass is 10.3. The molecule has 0 bridgehead atoms. The molecule has 0 atom stereocenters. The van der Waals surface area contributed by atoms with E-state index in [-0.39, 0.29) is 20.5 Å². The Morgan fingerprint density at radius 1 is 1.17 bits per heavy atom. The quantitative estimate of drug-likeness (QED) is 0.538. The maximum Gasteiger partial charge on any atom is 0.293 e. The van der Waals surface area contributed by atoms with Gasteiger partial charge >= 0.3 is 0 Å². The zero-order chi connectivity index (χ0) is 17.0. The van der Waals surface area contributed by atoms with Gasteiger partial charge in [0.2, 0.25) is 16.2 Å². The predicted octanol–water partition coefficient (Wildman–Crippen LogP) is 1.90. The van der Waals surface area contributed by atoms with Gasteiger partial charge < -0.3 is 5.32 Å². The number of rotatable bonds is 7. The topological polar surface area (TPSA) is 127 Å². The van der Waals surface area contributed by atoms with Crippen LogP contribution in [-0.2, 0) is 14.8 Å². The van der Waals surface area contributed by atoms with Gasteiger partial charge in [0.15, 0.2) is 4.34 Å². The van der Waals surface area contributed by atoms with Crippen LogP contribution in [0, 0.1) is 5.92 Å². The number of hydrogen-bond acceptors (Lipinski definition) is 10. The second kappa shape index (κ2) is 7.51. The molecular formula is C10H14N6O3S4. The summed E-state index contributed by atoms with van der Waals surface area (Å²) >= 11 is 3.43. The molecule has 2 aromatic rings. The average Bonchev–Trinajstić information content (AvgIpc) is 3.05. The van der Waals surface area contributed by atoms with E-state index in [4.69, 9.17) is 0 Å². The molecule has 0 aliphatic heterocycles. The van der Waals surface area contributed by atoms with Crippen LogP contribution in [0.4, 0.5) is 10.3 Å². The molecule has 0 radical (unpaired) electrons. The van der Waals surface area contributed by atoms with E-state index in [1.165, 1.54) is 18.7 Å². The van der Waals surface area contributed by atoms with Crippen LogP contribution in [0.15, 0.2) is 8.68 Å². The number of nitrogens with one attached hydrogen (secondary N) is 2. The highest BCUT2D eigenvalue weighted by Crippen LogP contribution is 2.29. The third kappa shape index (κ3) is 5.37. The molecule has 13 heteroatoms. The van der Waals surface area contributed by atoms with Crippen LogP contribution in [0.2, 0.25) is 0 Å². The molecule has 0 aromatic carbocycles. The molecule has 2 heterocycles. The summed E-state index contributed by atoms with van der Waals surface area (Å²) in [6, 6.07) is 0. The fourth-order valence-corrected chi connectivity index (χ4v) is 5.13. The minimum atomic E-state index is -3.90. The highest BCUT2D eigenvalue weighted by molar-refractivity contribution is 8.01. The largest absolute Gasteiger partial charge is 0.301 e. The molecule has 2 aromatic heterocycles. The van der Waals surface area contributed by atoms with Gasteiger partial charge in [-0.25, -0.2) is 0 Å². The fourth-order valence-electron chi connectivity index (χ4n) is 1.23. The van der Waals surface area contributed by atoms with E-state index in [2.05, 4.69) is 44.3 Å². The van der Waals surface area contributed by atoms with Gasteiger partial charge in [-0.1, -0.05) is 48.3 Å². The first-order valence-electron chi connectivity index (χ1n) is 6.36. The Bertz CT molecular complexity index is 784. The Hall–Kier alpha value is -1.31. The molecule has 0 aliphatic carbocycles. The molecular weight excluding hydrogens is 380 g/mol. The summed E-state index contributed by atoms with van der Waals surface area (Å²) in [7, 11) is -3.90. The van der Waals surface area contributed by atoms with E-state index in [0.29, 0.717) is 10.3 Å². The third-order valence-corrected chi connectivity index (χ3v) is 7.16. The number of thioether (sulfide) groups is 1. The van der Waals surface area contributed by atoms with E-state index in [1.807, 2.05) is 0 Å². The second-order valence-corrected chi connectivity index (χ2v) is 9.82. The van der Waals surface area contributed by atoms with Gasteiger partial charge in [-0.05, 0) is 5.92 Å². The highest BCUT2D eigenvalue weighted by atomic mass is 32.2. The molecule has 23 heavy (non-hydrogen) atoms. The monoisotopic (exact) mass is 394 g/mol. The molecule has 0 spiro atoms. The van der Waals surface area contributed by atoms with Crippen molar-refractivity contribution in [3.05, 3.63) is 0 Å². The van der Waals surface area contributed by atoms with Crippen LogP contribution in [-0.4, -0.2) is 40.5 Å². The summed E-state index contributed by atoms with van der Waals surface area (Å²) < 4.78 is 27.1. The van der Waals surface area contributed by atoms with Crippen molar-refractivity contribution in [1.82, 2.24) is 20.4 Å². The standard InChI is InChI=1S/C10H14N6O3S4/c1-5(2)4-20-9-14-13-8(21-9)16-23(18,19)10-15-12-7(22-10)11-6(3)17/h5H,4H2,1-3H3,(H,13,16)(H,11,12,17). The van der Waals surface area contributed by atoms with Gasteiger partial charge in [0.1, 0.15) is 0 Å². The van der Waals surface area contributed by atoms with E-state index in [0.717, 1.165) is 28.4 Å². The van der Waals surface area contributed by atoms with Crippen molar-refractivity contribution in [3.63, 3.8) is 0 Å².